The molecular weight excluding hydrogens is 444 g/mol. The fourth-order valence-corrected chi connectivity index (χ4v) is 4.11. The highest BCUT2D eigenvalue weighted by Crippen LogP contribution is 2.27. The normalized spacial score (nSPS) is 14.1. The van der Waals surface area contributed by atoms with Crippen LogP contribution in [-0.2, 0) is 13.6 Å². The number of aryl methyl sites for hydroxylation is 1. The molecule has 5 rings (SSSR count). The molecular formula is C24H32N10O. The third-order valence-corrected chi connectivity index (χ3v) is 6.08. The molecule has 0 amide bonds. The summed E-state index contributed by atoms with van der Waals surface area (Å²) in [6.45, 7) is 5.86. The SMILES string of the molecule is CN(C)CCOc1nc(Nc2cc(N3CCNCC3)ccn2)nc2c1ccn2Cc1ccnn1C. The first-order valence-electron chi connectivity index (χ1n) is 11.9. The molecule has 1 aliphatic heterocycles. The highest BCUT2D eigenvalue weighted by molar-refractivity contribution is 5.83. The Morgan fingerprint density at radius 2 is 1.97 bits per heavy atom. The average molecular weight is 477 g/mol. The topological polar surface area (TPSA) is 101 Å². The van der Waals surface area contributed by atoms with Crippen LogP contribution in [0.15, 0.2) is 42.9 Å². The number of anilines is 3. The lowest BCUT2D eigenvalue weighted by molar-refractivity contribution is 0.256. The van der Waals surface area contributed by atoms with Crippen LogP contribution in [-0.4, -0.2) is 87.6 Å². The number of piperazine rings is 1. The molecule has 1 fully saturated rings. The Balaban J connectivity index is 1.45. The van der Waals surface area contributed by atoms with Crippen LogP contribution in [0.4, 0.5) is 17.5 Å². The fraction of sp³-hybridized carbons (Fsp3) is 0.417. The van der Waals surface area contributed by atoms with Gasteiger partial charge in [0.2, 0.25) is 11.8 Å². The average Bonchev–Trinajstić information content (AvgIpc) is 3.46. The van der Waals surface area contributed by atoms with Crippen molar-refractivity contribution in [1.82, 2.24) is 39.5 Å². The molecule has 5 heterocycles. The maximum Gasteiger partial charge on any atom is 0.233 e. The molecule has 4 aromatic heterocycles. The summed E-state index contributed by atoms with van der Waals surface area (Å²) < 4.78 is 10.1. The minimum absolute atomic E-state index is 0.451. The number of likely N-dealkylation sites (N-methyl/N-ethyl adjacent to an activating group) is 1. The summed E-state index contributed by atoms with van der Waals surface area (Å²) in [5, 5.41) is 11.9. The van der Waals surface area contributed by atoms with Gasteiger partial charge in [-0.3, -0.25) is 4.68 Å². The van der Waals surface area contributed by atoms with Crippen LogP contribution in [0.2, 0.25) is 0 Å². The Kier molecular flexibility index (Phi) is 6.77. The monoisotopic (exact) mass is 476 g/mol. The van der Waals surface area contributed by atoms with Crippen molar-refractivity contribution in [2.24, 2.45) is 7.05 Å². The molecule has 0 radical (unpaired) electrons. The first kappa shape index (κ1) is 23.1. The third kappa shape index (κ3) is 5.36. The first-order chi connectivity index (χ1) is 17.1. The summed E-state index contributed by atoms with van der Waals surface area (Å²) in [4.78, 5) is 18.5. The van der Waals surface area contributed by atoms with E-state index in [1.165, 1.54) is 0 Å². The van der Waals surface area contributed by atoms with Gasteiger partial charge in [-0.15, -0.1) is 0 Å². The molecule has 0 saturated carbocycles. The van der Waals surface area contributed by atoms with E-state index < -0.39 is 0 Å². The van der Waals surface area contributed by atoms with Crippen molar-refractivity contribution >= 4 is 28.5 Å². The lowest BCUT2D eigenvalue weighted by atomic mass is 10.3. The maximum atomic E-state index is 6.10. The van der Waals surface area contributed by atoms with Crippen molar-refractivity contribution in [2.45, 2.75) is 6.54 Å². The highest BCUT2D eigenvalue weighted by atomic mass is 16.5. The Hall–Kier alpha value is -3.70. The summed E-state index contributed by atoms with van der Waals surface area (Å²) in [5.74, 6) is 1.71. The van der Waals surface area contributed by atoms with Crippen molar-refractivity contribution in [2.75, 3.05) is 63.6 Å². The lowest BCUT2D eigenvalue weighted by Crippen LogP contribution is -2.43. The molecule has 1 aliphatic rings. The van der Waals surface area contributed by atoms with Gasteiger partial charge >= 0.3 is 0 Å². The summed E-state index contributed by atoms with van der Waals surface area (Å²) >= 11 is 0. The quantitative estimate of drug-likeness (QED) is 0.374. The molecule has 11 nitrogen and oxygen atoms in total. The second kappa shape index (κ2) is 10.3. The van der Waals surface area contributed by atoms with Gasteiger partial charge in [0, 0.05) is 70.1 Å². The third-order valence-electron chi connectivity index (χ3n) is 6.08. The van der Waals surface area contributed by atoms with Crippen LogP contribution in [0, 0.1) is 0 Å². The summed E-state index contributed by atoms with van der Waals surface area (Å²) in [5.41, 5.74) is 3.00. The second-order valence-electron chi connectivity index (χ2n) is 8.89. The van der Waals surface area contributed by atoms with Gasteiger partial charge in [-0.05, 0) is 32.3 Å². The van der Waals surface area contributed by atoms with Gasteiger partial charge in [0.05, 0.1) is 17.6 Å². The Morgan fingerprint density at radius 3 is 2.74 bits per heavy atom. The molecule has 4 aromatic rings. The Labute approximate surface area is 204 Å². The molecule has 11 heteroatoms. The number of nitrogens with one attached hydrogen (secondary N) is 2. The first-order valence-corrected chi connectivity index (χ1v) is 11.9. The highest BCUT2D eigenvalue weighted by Gasteiger charge is 2.16. The van der Waals surface area contributed by atoms with Crippen molar-refractivity contribution in [3.8, 4) is 5.88 Å². The number of hydrogen-bond acceptors (Lipinski definition) is 9. The van der Waals surface area contributed by atoms with E-state index in [1.54, 1.807) is 6.20 Å². The van der Waals surface area contributed by atoms with Crippen LogP contribution in [0.1, 0.15) is 5.69 Å². The molecule has 2 N–H and O–H groups in total. The molecule has 0 spiro atoms. The van der Waals surface area contributed by atoms with Gasteiger partial charge in [-0.2, -0.15) is 15.1 Å². The van der Waals surface area contributed by atoms with E-state index in [2.05, 4.69) is 35.1 Å². The fourth-order valence-electron chi connectivity index (χ4n) is 4.11. The van der Waals surface area contributed by atoms with E-state index in [0.29, 0.717) is 30.8 Å². The molecule has 0 aromatic carbocycles. The van der Waals surface area contributed by atoms with Crippen LogP contribution in [0.25, 0.3) is 11.0 Å². The molecule has 0 unspecified atom stereocenters. The van der Waals surface area contributed by atoms with Gasteiger partial charge in [-0.1, -0.05) is 0 Å². The number of ether oxygens (including phenoxy) is 1. The van der Waals surface area contributed by atoms with Crippen LogP contribution >= 0.6 is 0 Å². The summed E-state index contributed by atoms with van der Waals surface area (Å²) in [6, 6.07) is 8.09. The summed E-state index contributed by atoms with van der Waals surface area (Å²) in [6.07, 6.45) is 5.63. The van der Waals surface area contributed by atoms with E-state index in [1.807, 2.05) is 62.5 Å². The van der Waals surface area contributed by atoms with E-state index in [9.17, 15) is 0 Å². The zero-order valence-corrected chi connectivity index (χ0v) is 20.5. The van der Waals surface area contributed by atoms with Gasteiger partial charge in [0.1, 0.15) is 18.1 Å². The van der Waals surface area contributed by atoms with Crippen molar-refractivity contribution in [1.29, 1.82) is 0 Å². The Morgan fingerprint density at radius 1 is 1.11 bits per heavy atom. The van der Waals surface area contributed by atoms with Gasteiger partial charge in [0.25, 0.3) is 0 Å². The number of fused-ring (bicyclic) bond motifs is 1. The number of pyridine rings is 1. The predicted octanol–water partition coefficient (Wildman–Crippen LogP) is 1.70. The molecule has 0 atom stereocenters. The van der Waals surface area contributed by atoms with Gasteiger partial charge < -0.3 is 29.7 Å². The van der Waals surface area contributed by atoms with Gasteiger partial charge in [-0.25, -0.2) is 4.98 Å². The number of rotatable bonds is 9. The second-order valence-corrected chi connectivity index (χ2v) is 8.89. The molecule has 184 valence electrons. The predicted molar refractivity (Wildman–Crippen MR) is 136 cm³/mol. The van der Waals surface area contributed by atoms with Crippen LogP contribution < -0.4 is 20.3 Å². The Bertz CT molecular complexity index is 1270. The smallest absolute Gasteiger partial charge is 0.233 e. The summed E-state index contributed by atoms with van der Waals surface area (Å²) in [7, 11) is 5.98. The standard InChI is InChI=1S/C24H32N10O/c1-31(2)14-15-35-23-20-6-11-34(17-19-5-8-27-32(19)3)22(20)29-24(30-23)28-21-16-18(4-7-26-21)33-12-9-25-10-13-33/h4-8,11,16,25H,9-10,12-15,17H2,1-3H3,(H,26,28,29,30). The van der Waals surface area contributed by atoms with Gasteiger partial charge in [0.15, 0.2) is 0 Å². The van der Waals surface area contributed by atoms with E-state index in [-0.39, 0.29) is 0 Å². The van der Waals surface area contributed by atoms with E-state index in [0.717, 1.165) is 55.1 Å². The van der Waals surface area contributed by atoms with Crippen molar-refractivity contribution in [3.05, 3.63) is 48.5 Å². The number of aromatic nitrogens is 6. The largest absolute Gasteiger partial charge is 0.476 e. The van der Waals surface area contributed by atoms with E-state index >= 15 is 0 Å². The van der Waals surface area contributed by atoms with Crippen LogP contribution in [0.5, 0.6) is 5.88 Å². The van der Waals surface area contributed by atoms with Crippen molar-refractivity contribution < 1.29 is 4.74 Å². The van der Waals surface area contributed by atoms with Crippen LogP contribution in [0.3, 0.4) is 0 Å². The molecule has 35 heavy (non-hydrogen) atoms. The zero-order valence-electron chi connectivity index (χ0n) is 20.5. The van der Waals surface area contributed by atoms with E-state index in [4.69, 9.17) is 14.7 Å². The maximum absolute atomic E-state index is 6.10. The minimum atomic E-state index is 0.451. The molecule has 1 saturated heterocycles. The molecule has 0 aliphatic carbocycles. The number of nitrogens with zero attached hydrogens (tertiary/aromatic N) is 8. The molecule has 0 bridgehead atoms. The minimum Gasteiger partial charge on any atom is -0.476 e. The zero-order chi connectivity index (χ0) is 24.2. The number of hydrogen-bond donors (Lipinski definition) is 2. The lowest BCUT2D eigenvalue weighted by Gasteiger charge is -2.29. The van der Waals surface area contributed by atoms with Crippen molar-refractivity contribution in [3.63, 3.8) is 0 Å².